The molecule has 0 spiro atoms. The second-order valence-electron chi connectivity index (χ2n) is 7.27. The first-order valence-corrected chi connectivity index (χ1v) is 11.1. The maximum atomic E-state index is 13.2. The molecule has 3 aromatic carbocycles. The molecule has 0 radical (unpaired) electrons. The monoisotopic (exact) mass is 414 g/mol. The third-order valence-electron chi connectivity index (χ3n) is 5.54. The topological polar surface area (TPSA) is 48.3 Å². The van der Waals surface area contributed by atoms with Gasteiger partial charge in [-0.15, -0.1) is 0 Å². The molecular formula is C24H22N4OS. The predicted octanol–water partition coefficient (Wildman–Crippen LogP) is 5.36. The zero-order valence-corrected chi connectivity index (χ0v) is 17.5. The number of aliphatic imine (C=N–C) groups is 1. The number of carbonyl (C=O) groups excluding carboxylic acids is 1. The lowest BCUT2D eigenvalue weighted by atomic mass is 10.0. The molecule has 0 saturated heterocycles. The Kier molecular flexibility index (Phi) is 5.01. The number of rotatable bonds is 4. The lowest BCUT2D eigenvalue weighted by Crippen LogP contribution is -2.34. The van der Waals surface area contributed by atoms with Gasteiger partial charge in [-0.2, -0.15) is 5.10 Å². The van der Waals surface area contributed by atoms with Gasteiger partial charge >= 0.3 is 0 Å². The number of hydrazone groups is 1. The Hall–Kier alpha value is -3.12. The van der Waals surface area contributed by atoms with Crippen LogP contribution in [0.25, 0.3) is 10.8 Å². The molecule has 5 rings (SSSR count). The highest BCUT2D eigenvalue weighted by molar-refractivity contribution is 8.14. The number of hydrogen-bond acceptors (Lipinski definition) is 5. The maximum absolute atomic E-state index is 13.2. The van der Waals surface area contributed by atoms with E-state index in [1.54, 1.807) is 0 Å². The van der Waals surface area contributed by atoms with Gasteiger partial charge in [0.1, 0.15) is 0 Å². The molecule has 30 heavy (non-hydrogen) atoms. The SMILES string of the molecule is CCN(C(=O)CSC1=Nc2ccccc2C2CC=NN12)c1cccc2ccccc12. The second-order valence-corrected chi connectivity index (χ2v) is 8.21. The zero-order chi connectivity index (χ0) is 20.5. The Balaban J connectivity index is 1.39. The van der Waals surface area contributed by atoms with E-state index in [1.165, 1.54) is 17.3 Å². The summed E-state index contributed by atoms with van der Waals surface area (Å²) in [4.78, 5) is 19.8. The molecule has 0 saturated carbocycles. The van der Waals surface area contributed by atoms with Crippen LogP contribution in [-0.4, -0.2) is 34.6 Å². The number of thioether (sulfide) groups is 1. The molecule has 0 N–H and O–H groups in total. The minimum absolute atomic E-state index is 0.0696. The van der Waals surface area contributed by atoms with E-state index >= 15 is 0 Å². The fraction of sp³-hybridized carbons (Fsp3) is 0.208. The minimum atomic E-state index is 0.0696. The molecule has 1 unspecified atom stereocenters. The number of amidine groups is 1. The molecule has 0 bridgehead atoms. The molecule has 6 heteroatoms. The fourth-order valence-corrected chi connectivity index (χ4v) is 4.99. The summed E-state index contributed by atoms with van der Waals surface area (Å²) in [6, 6.07) is 22.6. The highest BCUT2D eigenvalue weighted by atomic mass is 32.2. The van der Waals surface area contributed by atoms with E-state index in [9.17, 15) is 4.79 Å². The van der Waals surface area contributed by atoms with E-state index in [1.807, 2.05) is 65.5 Å². The Labute approximate surface area is 180 Å². The molecule has 2 aliphatic heterocycles. The number of carbonyl (C=O) groups is 1. The normalized spacial score (nSPS) is 16.9. The van der Waals surface area contributed by atoms with Crippen LogP contribution in [0.2, 0.25) is 0 Å². The minimum Gasteiger partial charge on any atom is -0.311 e. The Morgan fingerprint density at radius 2 is 1.90 bits per heavy atom. The first kappa shape index (κ1) is 18.9. The highest BCUT2D eigenvalue weighted by Gasteiger charge is 2.33. The number of para-hydroxylation sites is 1. The Morgan fingerprint density at radius 3 is 2.80 bits per heavy atom. The predicted molar refractivity (Wildman–Crippen MR) is 126 cm³/mol. The van der Waals surface area contributed by atoms with Crippen molar-refractivity contribution in [3.8, 4) is 0 Å². The Bertz CT molecular complexity index is 1170. The molecule has 5 nitrogen and oxygen atoms in total. The van der Waals surface area contributed by atoms with Gasteiger partial charge in [0.05, 0.1) is 23.2 Å². The highest BCUT2D eigenvalue weighted by Crippen LogP contribution is 2.41. The van der Waals surface area contributed by atoms with Crippen molar-refractivity contribution >= 4 is 51.2 Å². The third kappa shape index (κ3) is 3.27. The van der Waals surface area contributed by atoms with E-state index < -0.39 is 0 Å². The second kappa shape index (κ2) is 7.95. The van der Waals surface area contributed by atoms with Gasteiger partial charge in [-0.05, 0) is 24.4 Å². The number of fused-ring (bicyclic) bond motifs is 4. The molecule has 1 atom stereocenters. The molecule has 2 heterocycles. The van der Waals surface area contributed by atoms with Gasteiger partial charge < -0.3 is 4.90 Å². The molecule has 0 fully saturated rings. The summed E-state index contributed by atoms with van der Waals surface area (Å²) in [6.07, 6.45) is 2.79. The van der Waals surface area contributed by atoms with Crippen LogP contribution < -0.4 is 4.90 Å². The molecule has 3 aromatic rings. The van der Waals surface area contributed by atoms with E-state index in [0.717, 1.165) is 33.7 Å². The summed E-state index contributed by atoms with van der Waals surface area (Å²) in [5, 5.41) is 9.48. The van der Waals surface area contributed by atoms with Gasteiger partial charge in [0, 0.05) is 30.1 Å². The standard InChI is InChI=1S/C24H22N4OS/c1-2-27(21-13-7-9-17-8-3-4-10-18(17)21)23(29)16-30-24-26-20-12-6-5-11-19(20)22-14-15-25-28(22)24/h3-13,15,22H,2,14,16H2,1H3. The van der Waals surface area contributed by atoms with Crippen LogP contribution in [0.3, 0.4) is 0 Å². The largest absolute Gasteiger partial charge is 0.311 e. The average Bonchev–Trinajstić information content (AvgIpc) is 3.29. The van der Waals surface area contributed by atoms with E-state index in [-0.39, 0.29) is 11.9 Å². The molecule has 0 aromatic heterocycles. The van der Waals surface area contributed by atoms with Gasteiger partial charge in [0.2, 0.25) is 5.91 Å². The first-order valence-electron chi connectivity index (χ1n) is 10.2. The summed E-state index contributed by atoms with van der Waals surface area (Å²) in [6.45, 7) is 2.63. The van der Waals surface area contributed by atoms with Crippen LogP contribution in [0.4, 0.5) is 11.4 Å². The van der Waals surface area contributed by atoms with E-state index in [2.05, 4.69) is 29.4 Å². The molecule has 150 valence electrons. The van der Waals surface area contributed by atoms with Crippen molar-refractivity contribution in [1.29, 1.82) is 0 Å². The van der Waals surface area contributed by atoms with Crippen molar-refractivity contribution in [3.05, 3.63) is 72.3 Å². The molecule has 0 aliphatic carbocycles. The number of benzene rings is 3. The number of amides is 1. The summed E-state index contributed by atoms with van der Waals surface area (Å²) in [5.74, 6) is 0.386. The zero-order valence-electron chi connectivity index (χ0n) is 16.7. The van der Waals surface area contributed by atoms with Crippen LogP contribution in [0, 0.1) is 0 Å². The van der Waals surface area contributed by atoms with Gasteiger partial charge in [-0.1, -0.05) is 66.4 Å². The van der Waals surface area contributed by atoms with Gasteiger partial charge in [-0.25, -0.2) is 10.0 Å². The number of nitrogens with zero attached hydrogens (tertiary/aromatic N) is 4. The van der Waals surface area contributed by atoms with Gasteiger partial charge in [0.15, 0.2) is 5.17 Å². The van der Waals surface area contributed by atoms with Crippen LogP contribution in [0.1, 0.15) is 24.9 Å². The molecule has 2 aliphatic rings. The fourth-order valence-electron chi connectivity index (χ4n) is 4.11. The third-order valence-corrected chi connectivity index (χ3v) is 6.47. The summed E-state index contributed by atoms with van der Waals surface area (Å²) in [7, 11) is 0. The van der Waals surface area contributed by atoms with Crippen molar-refractivity contribution in [2.45, 2.75) is 19.4 Å². The smallest absolute Gasteiger partial charge is 0.237 e. The van der Waals surface area contributed by atoms with Crippen molar-refractivity contribution in [2.24, 2.45) is 10.1 Å². The van der Waals surface area contributed by atoms with E-state index in [0.29, 0.717) is 12.3 Å². The van der Waals surface area contributed by atoms with Crippen LogP contribution in [0.5, 0.6) is 0 Å². The molecular weight excluding hydrogens is 392 g/mol. The summed E-state index contributed by atoms with van der Waals surface area (Å²) < 4.78 is 0. The van der Waals surface area contributed by atoms with Crippen molar-refractivity contribution in [2.75, 3.05) is 17.2 Å². The lowest BCUT2D eigenvalue weighted by Gasteiger charge is -2.30. The van der Waals surface area contributed by atoms with Crippen LogP contribution in [0.15, 0.2) is 76.8 Å². The number of hydrogen-bond donors (Lipinski definition) is 0. The maximum Gasteiger partial charge on any atom is 0.237 e. The van der Waals surface area contributed by atoms with Crippen molar-refractivity contribution < 1.29 is 4.79 Å². The Morgan fingerprint density at radius 1 is 1.10 bits per heavy atom. The first-order chi connectivity index (χ1) is 14.8. The van der Waals surface area contributed by atoms with Crippen LogP contribution >= 0.6 is 11.8 Å². The lowest BCUT2D eigenvalue weighted by molar-refractivity contribution is -0.116. The quantitative estimate of drug-likeness (QED) is 0.577. The van der Waals surface area contributed by atoms with Crippen molar-refractivity contribution in [1.82, 2.24) is 5.01 Å². The van der Waals surface area contributed by atoms with Gasteiger partial charge in [0.25, 0.3) is 0 Å². The average molecular weight is 415 g/mol. The van der Waals surface area contributed by atoms with Gasteiger partial charge in [-0.3, -0.25) is 4.79 Å². The van der Waals surface area contributed by atoms with Crippen molar-refractivity contribution in [3.63, 3.8) is 0 Å². The summed E-state index contributed by atoms with van der Waals surface area (Å²) >= 11 is 1.46. The summed E-state index contributed by atoms with van der Waals surface area (Å²) in [5.41, 5.74) is 3.12. The van der Waals surface area contributed by atoms with E-state index in [4.69, 9.17) is 4.99 Å². The molecule has 1 amide bonds. The van der Waals surface area contributed by atoms with Crippen LogP contribution in [-0.2, 0) is 4.79 Å². The number of anilines is 1.